The Morgan fingerprint density at radius 1 is 1.50 bits per heavy atom. The summed E-state index contributed by atoms with van der Waals surface area (Å²) < 4.78 is 1.74. The number of carbonyl (C=O) groups is 2. The first-order valence-electron chi connectivity index (χ1n) is 6.06. The second-order valence-electron chi connectivity index (χ2n) is 4.32. The summed E-state index contributed by atoms with van der Waals surface area (Å²) in [5, 5.41) is 11.5. The normalized spacial score (nSPS) is 11.9. The zero-order chi connectivity index (χ0) is 14.5. The molecule has 0 aliphatic carbocycles. The van der Waals surface area contributed by atoms with Crippen molar-refractivity contribution in [2.75, 3.05) is 5.32 Å². The van der Waals surface area contributed by atoms with Gasteiger partial charge in [-0.15, -0.1) is 11.3 Å². The van der Waals surface area contributed by atoms with Crippen LogP contribution in [0.5, 0.6) is 0 Å². The highest BCUT2D eigenvalue weighted by Crippen LogP contribution is 2.15. The van der Waals surface area contributed by atoms with Gasteiger partial charge < -0.3 is 10.6 Å². The molecule has 2 aromatic heterocycles. The number of rotatable bonds is 5. The predicted octanol–water partition coefficient (Wildman–Crippen LogP) is 1.12. The molecule has 8 heteroatoms. The van der Waals surface area contributed by atoms with Crippen LogP contribution < -0.4 is 10.6 Å². The van der Waals surface area contributed by atoms with Gasteiger partial charge in [0.25, 0.3) is 5.91 Å². The van der Waals surface area contributed by atoms with Crippen LogP contribution in [0.1, 0.15) is 24.3 Å². The summed E-state index contributed by atoms with van der Waals surface area (Å²) in [5.41, 5.74) is 0.297. The van der Waals surface area contributed by atoms with Crippen molar-refractivity contribution >= 4 is 28.3 Å². The van der Waals surface area contributed by atoms with Crippen molar-refractivity contribution in [3.8, 4) is 0 Å². The maximum absolute atomic E-state index is 12.0. The van der Waals surface area contributed by atoms with E-state index in [1.54, 1.807) is 16.3 Å². The van der Waals surface area contributed by atoms with E-state index < -0.39 is 0 Å². The molecule has 2 amide bonds. The first-order valence-corrected chi connectivity index (χ1v) is 6.94. The van der Waals surface area contributed by atoms with Crippen molar-refractivity contribution in [3.63, 3.8) is 0 Å². The monoisotopic (exact) mass is 293 g/mol. The zero-order valence-corrected chi connectivity index (χ0v) is 12.0. The summed E-state index contributed by atoms with van der Waals surface area (Å²) in [5.74, 6) is -0.476. The minimum Gasteiger partial charge on any atom is -0.346 e. The lowest BCUT2D eigenvalue weighted by Gasteiger charge is -2.12. The molecule has 0 saturated heterocycles. The third kappa shape index (κ3) is 3.89. The number of carbonyl (C=O) groups excluding carboxylic acids is 2. The number of amides is 2. The van der Waals surface area contributed by atoms with Gasteiger partial charge in [0, 0.05) is 30.7 Å². The van der Waals surface area contributed by atoms with E-state index in [9.17, 15) is 9.59 Å². The van der Waals surface area contributed by atoms with Gasteiger partial charge in [-0.3, -0.25) is 14.3 Å². The number of nitrogens with zero attached hydrogens (tertiary/aromatic N) is 3. The van der Waals surface area contributed by atoms with Crippen molar-refractivity contribution in [1.82, 2.24) is 20.1 Å². The highest BCUT2D eigenvalue weighted by molar-refractivity contribution is 7.14. The molecule has 2 rings (SSSR count). The Morgan fingerprint density at radius 3 is 2.95 bits per heavy atom. The highest BCUT2D eigenvalue weighted by Gasteiger charge is 2.14. The van der Waals surface area contributed by atoms with Crippen LogP contribution in [0.25, 0.3) is 0 Å². The van der Waals surface area contributed by atoms with Crippen LogP contribution in [0, 0.1) is 0 Å². The number of hydrogen-bond acceptors (Lipinski definition) is 5. The number of anilines is 1. The largest absolute Gasteiger partial charge is 0.346 e. The molecule has 0 aromatic carbocycles. The van der Waals surface area contributed by atoms with Gasteiger partial charge in [-0.2, -0.15) is 5.10 Å². The second kappa shape index (κ2) is 6.29. The molecule has 2 heterocycles. The van der Waals surface area contributed by atoms with Gasteiger partial charge in [-0.25, -0.2) is 4.98 Å². The van der Waals surface area contributed by atoms with Gasteiger partial charge in [0.05, 0.1) is 6.54 Å². The quantitative estimate of drug-likeness (QED) is 0.864. The van der Waals surface area contributed by atoms with E-state index in [1.165, 1.54) is 18.3 Å². The van der Waals surface area contributed by atoms with Crippen molar-refractivity contribution in [2.45, 2.75) is 26.4 Å². The maximum Gasteiger partial charge on any atom is 0.271 e. The molecule has 0 bridgehead atoms. The average Bonchev–Trinajstić information content (AvgIpc) is 2.99. The zero-order valence-electron chi connectivity index (χ0n) is 11.2. The van der Waals surface area contributed by atoms with E-state index in [0.29, 0.717) is 17.4 Å². The van der Waals surface area contributed by atoms with E-state index in [0.717, 1.165) is 0 Å². The topological polar surface area (TPSA) is 88.9 Å². The summed E-state index contributed by atoms with van der Waals surface area (Å²) in [6.45, 7) is 3.87. The Kier molecular flexibility index (Phi) is 4.46. The van der Waals surface area contributed by atoms with Gasteiger partial charge >= 0.3 is 0 Å². The van der Waals surface area contributed by atoms with Gasteiger partial charge in [-0.05, 0) is 13.0 Å². The molecule has 20 heavy (non-hydrogen) atoms. The Balaban J connectivity index is 1.90. The average molecular weight is 293 g/mol. The molecule has 0 radical (unpaired) electrons. The number of nitrogens with one attached hydrogen (secondary N) is 2. The molecule has 106 valence electrons. The fraction of sp³-hybridized carbons (Fsp3) is 0.333. The summed E-state index contributed by atoms with van der Waals surface area (Å²) >= 11 is 1.22. The lowest BCUT2D eigenvalue weighted by atomic mass is 10.3. The van der Waals surface area contributed by atoms with Crippen LogP contribution in [0.15, 0.2) is 23.8 Å². The van der Waals surface area contributed by atoms with Crippen molar-refractivity contribution in [3.05, 3.63) is 29.5 Å². The lowest BCUT2D eigenvalue weighted by molar-refractivity contribution is -0.114. The van der Waals surface area contributed by atoms with Crippen LogP contribution in [-0.2, 0) is 11.3 Å². The van der Waals surface area contributed by atoms with Crippen molar-refractivity contribution in [2.24, 2.45) is 0 Å². The molecule has 0 spiro atoms. The van der Waals surface area contributed by atoms with E-state index in [4.69, 9.17) is 0 Å². The molecule has 0 saturated carbocycles. The summed E-state index contributed by atoms with van der Waals surface area (Å²) in [6.07, 6.45) is 3.52. The Morgan fingerprint density at radius 2 is 2.30 bits per heavy atom. The molecular weight excluding hydrogens is 278 g/mol. The Bertz CT molecular complexity index is 593. The lowest BCUT2D eigenvalue weighted by Crippen LogP contribution is -2.36. The SMILES string of the molecule is CC(=O)Nc1nc(C(=O)N[C@@H](C)Cn2cccn2)cs1. The van der Waals surface area contributed by atoms with Gasteiger partial charge in [0.2, 0.25) is 5.91 Å². The Labute approximate surface area is 120 Å². The number of hydrogen-bond donors (Lipinski definition) is 2. The van der Waals surface area contributed by atoms with Crippen LogP contribution in [0.4, 0.5) is 5.13 Å². The predicted molar refractivity (Wildman–Crippen MR) is 75.6 cm³/mol. The fourth-order valence-corrected chi connectivity index (χ4v) is 2.36. The highest BCUT2D eigenvalue weighted by atomic mass is 32.1. The number of thiazole rings is 1. The number of aromatic nitrogens is 3. The molecular formula is C12H15N5O2S. The van der Waals surface area contributed by atoms with Gasteiger partial charge in [-0.1, -0.05) is 0 Å². The fourth-order valence-electron chi connectivity index (χ4n) is 1.62. The minimum absolute atomic E-state index is 0.0756. The maximum atomic E-state index is 12.0. The third-order valence-corrected chi connectivity index (χ3v) is 3.18. The smallest absolute Gasteiger partial charge is 0.271 e. The van der Waals surface area contributed by atoms with Crippen LogP contribution >= 0.6 is 11.3 Å². The van der Waals surface area contributed by atoms with E-state index in [2.05, 4.69) is 20.7 Å². The first kappa shape index (κ1) is 14.2. The molecule has 7 nitrogen and oxygen atoms in total. The van der Waals surface area contributed by atoms with Gasteiger partial charge in [0.15, 0.2) is 5.13 Å². The molecule has 0 fully saturated rings. The molecule has 2 N–H and O–H groups in total. The second-order valence-corrected chi connectivity index (χ2v) is 5.18. The third-order valence-electron chi connectivity index (χ3n) is 2.42. The summed E-state index contributed by atoms with van der Waals surface area (Å²) in [7, 11) is 0. The minimum atomic E-state index is -0.266. The summed E-state index contributed by atoms with van der Waals surface area (Å²) in [6, 6.07) is 1.75. The summed E-state index contributed by atoms with van der Waals surface area (Å²) in [4.78, 5) is 26.9. The van der Waals surface area contributed by atoms with Crippen molar-refractivity contribution in [1.29, 1.82) is 0 Å². The Hall–Kier alpha value is -2.22. The van der Waals surface area contributed by atoms with E-state index >= 15 is 0 Å². The van der Waals surface area contributed by atoms with Crippen LogP contribution in [-0.4, -0.2) is 32.6 Å². The van der Waals surface area contributed by atoms with Crippen molar-refractivity contribution < 1.29 is 9.59 Å². The molecule has 1 atom stereocenters. The molecule has 0 unspecified atom stereocenters. The van der Waals surface area contributed by atoms with E-state index in [1.807, 2.05) is 19.2 Å². The molecule has 0 aliphatic heterocycles. The molecule has 2 aromatic rings. The molecule has 0 aliphatic rings. The van der Waals surface area contributed by atoms with E-state index in [-0.39, 0.29) is 17.9 Å². The van der Waals surface area contributed by atoms with Crippen LogP contribution in [0.2, 0.25) is 0 Å². The van der Waals surface area contributed by atoms with Crippen LogP contribution in [0.3, 0.4) is 0 Å². The first-order chi connectivity index (χ1) is 9.54. The van der Waals surface area contributed by atoms with Gasteiger partial charge in [0.1, 0.15) is 5.69 Å². The standard InChI is InChI=1S/C12H15N5O2S/c1-8(6-17-5-3-4-13-17)14-11(19)10-7-20-12(16-10)15-9(2)18/h3-5,7-8H,6H2,1-2H3,(H,14,19)(H,15,16,18)/t8-/m0/s1.